The van der Waals surface area contributed by atoms with E-state index < -0.39 is 5.97 Å². The van der Waals surface area contributed by atoms with Gasteiger partial charge in [0.15, 0.2) is 5.82 Å². The smallest absolute Gasteiger partial charge is 0.342 e. The molecule has 0 amide bonds. The number of hydrogen-bond acceptors (Lipinski definition) is 8. The van der Waals surface area contributed by atoms with E-state index in [1.54, 1.807) is 13.0 Å². The Morgan fingerprint density at radius 3 is 2.76 bits per heavy atom. The van der Waals surface area contributed by atoms with E-state index in [4.69, 9.17) is 23.9 Å². The third kappa shape index (κ3) is 6.83. The average molecular weight is 615 g/mol. The molecule has 238 valence electrons. The molecule has 3 aromatic rings. The van der Waals surface area contributed by atoms with Gasteiger partial charge in [0.2, 0.25) is 5.88 Å². The van der Waals surface area contributed by atoms with Crippen molar-refractivity contribution in [3.8, 4) is 11.7 Å². The highest BCUT2D eigenvalue weighted by atomic mass is 16.6. The van der Waals surface area contributed by atoms with Gasteiger partial charge < -0.3 is 29.0 Å². The Labute approximate surface area is 264 Å². The molecule has 1 N–H and O–H groups in total. The molecule has 1 aliphatic carbocycles. The van der Waals surface area contributed by atoms with E-state index in [9.17, 15) is 9.90 Å². The summed E-state index contributed by atoms with van der Waals surface area (Å²) in [7, 11) is 0. The summed E-state index contributed by atoms with van der Waals surface area (Å²) in [6, 6.07) is 10.1. The van der Waals surface area contributed by atoms with Crippen molar-refractivity contribution in [3.63, 3.8) is 0 Å². The van der Waals surface area contributed by atoms with Crippen molar-refractivity contribution in [1.82, 2.24) is 19.7 Å². The average Bonchev–Trinajstić information content (AvgIpc) is 3.36. The van der Waals surface area contributed by atoms with Gasteiger partial charge in [-0.3, -0.25) is 0 Å². The number of aromatic carboxylic acids is 1. The molecule has 1 fully saturated rings. The monoisotopic (exact) mass is 614 g/mol. The van der Waals surface area contributed by atoms with Crippen LogP contribution in [0.25, 0.3) is 11.4 Å². The number of carbonyl (C=O) groups is 1. The fourth-order valence-electron chi connectivity index (χ4n) is 6.43. The Kier molecular flexibility index (Phi) is 9.63. The van der Waals surface area contributed by atoms with Gasteiger partial charge in [0, 0.05) is 25.2 Å². The normalized spacial score (nSPS) is 19.1. The van der Waals surface area contributed by atoms with Crippen LogP contribution in [-0.2, 0) is 33.7 Å². The van der Waals surface area contributed by atoms with Gasteiger partial charge in [0.25, 0.3) is 0 Å². The third-order valence-corrected chi connectivity index (χ3v) is 8.87. The van der Waals surface area contributed by atoms with Gasteiger partial charge in [-0.1, -0.05) is 24.3 Å². The van der Waals surface area contributed by atoms with Gasteiger partial charge in [-0.05, 0) is 86.4 Å². The second kappa shape index (κ2) is 14.0. The second-order valence-corrected chi connectivity index (χ2v) is 11.8. The molecular formula is C35H42N4O6. The lowest BCUT2D eigenvalue weighted by molar-refractivity contribution is -0.0972. The van der Waals surface area contributed by atoms with Crippen LogP contribution in [0.15, 0.2) is 53.9 Å². The molecule has 2 aliphatic heterocycles. The molecule has 10 heteroatoms. The maximum atomic E-state index is 11.7. The van der Waals surface area contributed by atoms with Gasteiger partial charge in [-0.15, -0.1) is 0 Å². The first-order chi connectivity index (χ1) is 21.9. The number of benzene rings is 1. The Bertz CT molecular complexity index is 1600. The Morgan fingerprint density at radius 1 is 1.09 bits per heavy atom. The van der Waals surface area contributed by atoms with E-state index in [0.717, 1.165) is 62.3 Å². The zero-order valence-corrected chi connectivity index (χ0v) is 26.4. The molecule has 2 aromatic heterocycles. The lowest BCUT2D eigenvalue weighted by Crippen LogP contribution is -2.41. The SMILES string of the molecule is CCOc1c(C(=O)O)cnn1-c1cccc(C2=CCCC(C)=C2OCc2ccc3c(c2C)CCN(C[C@@H]2COCCO2)CC3)n1. The predicted molar refractivity (Wildman–Crippen MR) is 170 cm³/mol. The fraction of sp³-hybridized carbons (Fsp3) is 0.457. The highest BCUT2D eigenvalue weighted by molar-refractivity contribution is 5.90. The Hall–Kier alpha value is -3.99. The number of ether oxygens (including phenoxy) is 4. The lowest BCUT2D eigenvalue weighted by Gasteiger charge is -2.29. The molecule has 0 saturated carbocycles. The molecule has 1 aromatic carbocycles. The number of fused-ring (bicyclic) bond motifs is 1. The van der Waals surface area contributed by atoms with Crippen LogP contribution < -0.4 is 4.74 Å². The van der Waals surface area contributed by atoms with Gasteiger partial charge in [0.05, 0.1) is 44.4 Å². The molecular weight excluding hydrogens is 572 g/mol. The minimum absolute atomic E-state index is 0.00244. The van der Waals surface area contributed by atoms with Crippen molar-refractivity contribution in [3.05, 3.63) is 87.4 Å². The highest BCUT2D eigenvalue weighted by Crippen LogP contribution is 2.34. The first-order valence-corrected chi connectivity index (χ1v) is 15.9. The summed E-state index contributed by atoms with van der Waals surface area (Å²) in [5.41, 5.74) is 8.20. The summed E-state index contributed by atoms with van der Waals surface area (Å²) < 4.78 is 25.2. The summed E-state index contributed by atoms with van der Waals surface area (Å²) in [5, 5.41) is 13.9. The third-order valence-electron chi connectivity index (χ3n) is 8.87. The molecule has 0 bridgehead atoms. The number of carboxylic acids is 1. The van der Waals surface area contributed by atoms with Crippen LogP contribution in [0.4, 0.5) is 0 Å². The minimum atomic E-state index is -1.10. The summed E-state index contributed by atoms with van der Waals surface area (Å²) in [4.78, 5) is 19.1. The van der Waals surface area contributed by atoms with Crippen LogP contribution in [0.5, 0.6) is 5.88 Å². The van der Waals surface area contributed by atoms with Gasteiger partial charge in [-0.25, -0.2) is 9.78 Å². The zero-order chi connectivity index (χ0) is 31.3. The van der Waals surface area contributed by atoms with Crippen molar-refractivity contribution >= 4 is 11.5 Å². The standard InChI is InChI=1S/C35H42N4O6/c1-4-43-34-30(35(40)41)19-36-39(34)32-10-6-9-31(37-32)29-8-5-7-23(2)33(29)45-21-26-12-11-25-13-15-38(16-14-28(25)24(26)3)20-27-22-42-17-18-44-27/h6,8-12,19,27H,4-5,7,13-18,20-22H2,1-3H3,(H,40,41)/t27-/m1/s1. The van der Waals surface area contributed by atoms with E-state index in [-0.39, 0.29) is 17.5 Å². The van der Waals surface area contributed by atoms with Crippen molar-refractivity contribution in [2.75, 3.05) is 46.1 Å². The quantitative estimate of drug-likeness (QED) is 0.331. The molecule has 1 atom stereocenters. The van der Waals surface area contributed by atoms with E-state index in [1.807, 2.05) is 12.1 Å². The number of aromatic nitrogens is 3. The van der Waals surface area contributed by atoms with Crippen LogP contribution in [0, 0.1) is 6.92 Å². The van der Waals surface area contributed by atoms with Crippen molar-refractivity contribution in [2.45, 2.75) is 59.2 Å². The number of allylic oxidation sites excluding steroid dienone is 3. The largest absolute Gasteiger partial charge is 0.488 e. The van der Waals surface area contributed by atoms with Gasteiger partial charge in [0.1, 0.15) is 17.9 Å². The number of nitrogens with zero attached hydrogens (tertiary/aromatic N) is 4. The second-order valence-electron chi connectivity index (χ2n) is 11.8. The van der Waals surface area contributed by atoms with Crippen molar-refractivity contribution < 1.29 is 28.8 Å². The molecule has 3 aliphatic rings. The molecule has 1 saturated heterocycles. The fourth-order valence-corrected chi connectivity index (χ4v) is 6.43. The number of pyridine rings is 1. The maximum absolute atomic E-state index is 11.7. The molecule has 0 spiro atoms. The number of rotatable bonds is 10. The minimum Gasteiger partial charge on any atom is -0.488 e. The van der Waals surface area contributed by atoms with Crippen molar-refractivity contribution in [1.29, 1.82) is 0 Å². The van der Waals surface area contributed by atoms with Crippen LogP contribution in [0.2, 0.25) is 0 Å². The Balaban J connectivity index is 1.18. The summed E-state index contributed by atoms with van der Waals surface area (Å²) in [5.74, 6) is 0.385. The summed E-state index contributed by atoms with van der Waals surface area (Å²) in [6.45, 7) is 11.9. The first kappa shape index (κ1) is 31.0. The number of carboxylic acid groups (broad SMARTS) is 1. The van der Waals surface area contributed by atoms with Crippen LogP contribution in [0.3, 0.4) is 0 Å². The lowest BCUT2D eigenvalue weighted by atomic mass is 9.93. The van der Waals surface area contributed by atoms with Crippen LogP contribution >= 0.6 is 0 Å². The highest BCUT2D eigenvalue weighted by Gasteiger charge is 2.24. The van der Waals surface area contributed by atoms with Crippen LogP contribution in [0.1, 0.15) is 65.0 Å². The molecule has 0 radical (unpaired) electrons. The van der Waals surface area contributed by atoms with E-state index in [2.05, 4.69) is 42.1 Å². The topological polar surface area (TPSA) is 108 Å². The van der Waals surface area contributed by atoms with Crippen LogP contribution in [-0.4, -0.2) is 82.9 Å². The maximum Gasteiger partial charge on any atom is 0.342 e. The molecule has 6 rings (SSSR count). The molecule has 4 heterocycles. The predicted octanol–water partition coefficient (Wildman–Crippen LogP) is 5.16. The van der Waals surface area contributed by atoms with Gasteiger partial charge >= 0.3 is 5.97 Å². The number of hydrogen-bond donors (Lipinski definition) is 1. The summed E-state index contributed by atoms with van der Waals surface area (Å²) >= 11 is 0. The molecule has 45 heavy (non-hydrogen) atoms. The zero-order valence-electron chi connectivity index (χ0n) is 26.4. The molecule has 0 unspecified atom stereocenters. The van der Waals surface area contributed by atoms with E-state index >= 15 is 0 Å². The first-order valence-electron chi connectivity index (χ1n) is 15.9. The Morgan fingerprint density at radius 2 is 1.96 bits per heavy atom. The van der Waals surface area contributed by atoms with E-state index in [0.29, 0.717) is 38.9 Å². The molecule has 10 nitrogen and oxygen atoms in total. The van der Waals surface area contributed by atoms with E-state index in [1.165, 1.54) is 38.7 Å². The van der Waals surface area contributed by atoms with Gasteiger partial charge in [-0.2, -0.15) is 9.78 Å². The summed E-state index contributed by atoms with van der Waals surface area (Å²) in [6.07, 6.45) is 7.46. The van der Waals surface area contributed by atoms with Crippen molar-refractivity contribution in [2.24, 2.45) is 0 Å².